The number of ether oxygens (including phenoxy) is 1. The molecule has 0 aliphatic rings. The lowest BCUT2D eigenvalue weighted by molar-refractivity contribution is -0.137. The van der Waals surface area contributed by atoms with Crippen molar-refractivity contribution in [1.29, 1.82) is 0 Å². The third kappa shape index (κ3) is 8.74. The van der Waals surface area contributed by atoms with Crippen molar-refractivity contribution in [2.75, 3.05) is 33.4 Å². The summed E-state index contributed by atoms with van der Waals surface area (Å²) in [6, 6.07) is -0.334. The van der Waals surface area contributed by atoms with Crippen molar-refractivity contribution in [3.05, 3.63) is 0 Å². The Morgan fingerprint density at radius 3 is 2.55 bits per heavy atom. The van der Waals surface area contributed by atoms with Gasteiger partial charge in [-0.1, -0.05) is 33.1 Å². The molecule has 0 aromatic heterocycles. The molecular weight excluding hydrogens is 260 g/mol. The molecule has 1 unspecified atom stereocenters. The summed E-state index contributed by atoms with van der Waals surface area (Å²) in [5, 5.41) is 11.6. The fraction of sp³-hybridized carbons (Fsp3) is 0.857. The SMILES string of the molecule is CCCCC(CC)CNC(=O)N(CCOC)CC(=O)O. The van der Waals surface area contributed by atoms with E-state index in [1.54, 1.807) is 0 Å². The second-order valence-electron chi connectivity index (χ2n) is 4.91. The zero-order chi connectivity index (χ0) is 15.4. The van der Waals surface area contributed by atoms with Crippen LogP contribution in [0.15, 0.2) is 0 Å². The molecule has 0 spiro atoms. The largest absolute Gasteiger partial charge is 0.480 e. The standard InChI is InChI=1S/C14H28N2O4/c1-4-6-7-12(5-2)10-15-14(19)16(8-9-20-3)11-13(17)18/h12H,4-11H2,1-3H3,(H,15,19)(H,17,18). The minimum absolute atomic E-state index is 0.278. The lowest BCUT2D eigenvalue weighted by atomic mass is 9.99. The van der Waals surface area contributed by atoms with Gasteiger partial charge in [-0.2, -0.15) is 0 Å². The van der Waals surface area contributed by atoms with Crippen LogP contribution in [0.25, 0.3) is 0 Å². The molecular formula is C14H28N2O4. The van der Waals surface area contributed by atoms with Gasteiger partial charge in [0, 0.05) is 20.2 Å². The van der Waals surface area contributed by atoms with Gasteiger partial charge in [0.25, 0.3) is 0 Å². The topological polar surface area (TPSA) is 78.9 Å². The van der Waals surface area contributed by atoms with Gasteiger partial charge in [0.1, 0.15) is 6.54 Å². The molecule has 0 aliphatic carbocycles. The Morgan fingerprint density at radius 2 is 2.05 bits per heavy atom. The molecule has 0 bridgehead atoms. The van der Waals surface area contributed by atoms with E-state index in [-0.39, 0.29) is 19.1 Å². The lowest BCUT2D eigenvalue weighted by Crippen LogP contribution is -2.45. The minimum atomic E-state index is -1.02. The van der Waals surface area contributed by atoms with Crippen LogP contribution in [0.5, 0.6) is 0 Å². The van der Waals surface area contributed by atoms with Crippen LogP contribution in [0.3, 0.4) is 0 Å². The van der Waals surface area contributed by atoms with Gasteiger partial charge in [-0.05, 0) is 12.3 Å². The van der Waals surface area contributed by atoms with E-state index in [4.69, 9.17) is 9.84 Å². The Labute approximate surface area is 121 Å². The Bertz CT molecular complexity index is 284. The molecule has 6 heteroatoms. The summed E-state index contributed by atoms with van der Waals surface area (Å²) in [7, 11) is 1.52. The Hall–Kier alpha value is -1.30. The third-order valence-corrected chi connectivity index (χ3v) is 3.26. The number of nitrogens with zero attached hydrogens (tertiary/aromatic N) is 1. The van der Waals surface area contributed by atoms with Crippen LogP contribution in [-0.2, 0) is 9.53 Å². The number of amides is 2. The maximum Gasteiger partial charge on any atom is 0.323 e. The van der Waals surface area contributed by atoms with Gasteiger partial charge in [-0.15, -0.1) is 0 Å². The van der Waals surface area contributed by atoms with Crippen LogP contribution in [0.2, 0.25) is 0 Å². The second kappa shape index (κ2) is 11.5. The summed E-state index contributed by atoms with van der Waals surface area (Å²) in [5.41, 5.74) is 0. The molecule has 2 N–H and O–H groups in total. The van der Waals surface area contributed by atoms with Crippen molar-refractivity contribution in [2.45, 2.75) is 39.5 Å². The highest BCUT2D eigenvalue weighted by atomic mass is 16.5. The maximum absolute atomic E-state index is 12.0. The molecule has 0 saturated carbocycles. The summed E-state index contributed by atoms with van der Waals surface area (Å²) in [4.78, 5) is 24.0. The molecule has 118 valence electrons. The highest BCUT2D eigenvalue weighted by Gasteiger charge is 2.17. The van der Waals surface area contributed by atoms with E-state index in [9.17, 15) is 9.59 Å². The van der Waals surface area contributed by atoms with Crippen molar-refractivity contribution in [3.63, 3.8) is 0 Å². The summed E-state index contributed by atoms with van der Waals surface area (Å²) in [5.74, 6) is -0.567. The number of carbonyl (C=O) groups excluding carboxylic acids is 1. The highest BCUT2D eigenvalue weighted by Crippen LogP contribution is 2.11. The number of rotatable bonds is 11. The predicted octanol–water partition coefficient (Wildman–Crippen LogP) is 1.95. The molecule has 0 heterocycles. The van der Waals surface area contributed by atoms with Crippen molar-refractivity contribution in [2.24, 2.45) is 5.92 Å². The number of aliphatic carboxylic acids is 1. The number of carboxylic acids is 1. The van der Waals surface area contributed by atoms with Crippen LogP contribution in [0, 0.1) is 5.92 Å². The number of nitrogens with one attached hydrogen (secondary N) is 1. The summed E-state index contributed by atoms with van der Waals surface area (Å²) in [6.45, 7) is 5.14. The molecule has 0 fully saturated rings. The molecule has 2 amide bonds. The molecule has 20 heavy (non-hydrogen) atoms. The summed E-state index contributed by atoms with van der Waals surface area (Å²) >= 11 is 0. The first kappa shape index (κ1) is 18.7. The number of carbonyl (C=O) groups is 2. The number of hydrogen-bond donors (Lipinski definition) is 2. The minimum Gasteiger partial charge on any atom is -0.480 e. The first-order valence-corrected chi connectivity index (χ1v) is 7.28. The monoisotopic (exact) mass is 288 g/mol. The first-order valence-electron chi connectivity index (χ1n) is 7.28. The van der Waals surface area contributed by atoms with Gasteiger partial charge >= 0.3 is 12.0 Å². The maximum atomic E-state index is 12.0. The van der Waals surface area contributed by atoms with Gasteiger partial charge in [0.15, 0.2) is 0 Å². The smallest absolute Gasteiger partial charge is 0.323 e. The van der Waals surface area contributed by atoms with E-state index in [0.29, 0.717) is 19.1 Å². The summed E-state index contributed by atoms with van der Waals surface area (Å²) in [6.07, 6.45) is 4.39. The molecule has 0 rings (SSSR count). The van der Waals surface area contributed by atoms with Gasteiger partial charge in [0.05, 0.1) is 6.61 Å². The zero-order valence-corrected chi connectivity index (χ0v) is 12.9. The van der Waals surface area contributed by atoms with Crippen LogP contribution in [0.4, 0.5) is 4.79 Å². The van der Waals surface area contributed by atoms with Crippen molar-refractivity contribution in [3.8, 4) is 0 Å². The van der Waals surface area contributed by atoms with E-state index in [2.05, 4.69) is 19.2 Å². The molecule has 0 saturated heterocycles. The van der Waals surface area contributed by atoms with Crippen molar-refractivity contribution < 1.29 is 19.4 Å². The fourth-order valence-electron chi connectivity index (χ4n) is 1.90. The fourth-order valence-corrected chi connectivity index (χ4v) is 1.90. The third-order valence-electron chi connectivity index (χ3n) is 3.26. The van der Waals surface area contributed by atoms with Crippen molar-refractivity contribution in [1.82, 2.24) is 10.2 Å². The summed E-state index contributed by atoms with van der Waals surface area (Å²) < 4.78 is 4.89. The normalized spacial score (nSPS) is 11.9. The Kier molecular flexibility index (Phi) is 10.8. The Morgan fingerprint density at radius 1 is 1.35 bits per heavy atom. The quantitative estimate of drug-likeness (QED) is 0.609. The molecule has 6 nitrogen and oxygen atoms in total. The van der Waals surface area contributed by atoms with Gasteiger partial charge in [0.2, 0.25) is 0 Å². The molecule has 0 aliphatic heterocycles. The number of carboxylic acid groups (broad SMARTS) is 1. The second-order valence-corrected chi connectivity index (χ2v) is 4.91. The number of hydrogen-bond acceptors (Lipinski definition) is 3. The zero-order valence-electron chi connectivity index (χ0n) is 12.9. The van der Waals surface area contributed by atoms with E-state index in [0.717, 1.165) is 25.7 Å². The average molecular weight is 288 g/mol. The average Bonchev–Trinajstić information content (AvgIpc) is 2.43. The lowest BCUT2D eigenvalue weighted by Gasteiger charge is -2.23. The van der Waals surface area contributed by atoms with E-state index >= 15 is 0 Å². The van der Waals surface area contributed by atoms with Crippen LogP contribution >= 0.6 is 0 Å². The van der Waals surface area contributed by atoms with E-state index in [1.807, 2.05) is 0 Å². The van der Waals surface area contributed by atoms with Crippen molar-refractivity contribution >= 4 is 12.0 Å². The van der Waals surface area contributed by atoms with Gasteiger partial charge in [-0.25, -0.2) is 4.79 Å². The molecule has 0 radical (unpaired) electrons. The van der Waals surface area contributed by atoms with Gasteiger partial charge < -0.3 is 20.1 Å². The highest BCUT2D eigenvalue weighted by molar-refractivity contribution is 5.80. The Balaban J connectivity index is 4.24. The van der Waals surface area contributed by atoms with Gasteiger partial charge in [-0.3, -0.25) is 4.79 Å². The first-order chi connectivity index (χ1) is 9.54. The predicted molar refractivity (Wildman–Crippen MR) is 77.8 cm³/mol. The van der Waals surface area contributed by atoms with E-state index < -0.39 is 5.97 Å². The molecule has 0 aromatic rings. The van der Waals surface area contributed by atoms with Crippen LogP contribution in [-0.4, -0.2) is 55.4 Å². The number of methoxy groups -OCH3 is 1. The number of unbranched alkanes of at least 4 members (excludes halogenated alkanes) is 1. The molecule has 1 atom stereocenters. The number of urea groups is 1. The van der Waals surface area contributed by atoms with E-state index in [1.165, 1.54) is 12.0 Å². The van der Waals surface area contributed by atoms with Crippen LogP contribution in [0.1, 0.15) is 39.5 Å². The van der Waals surface area contributed by atoms with Crippen LogP contribution < -0.4 is 5.32 Å². The molecule has 0 aromatic carbocycles.